The lowest BCUT2D eigenvalue weighted by molar-refractivity contribution is -0.157. The smallest absolute Gasteiger partial charge is 0.256 e. The topological polar surface area (TPSA) is 78.7 Å². The van der Waals surface area contributed by atoms with Gasteiger partial charge in [-0.3, -0.25) is 14.3 Å². The molecule has 7 heteroatoms. The summed E-state index contributed by atoms with van der Waals surface area (Å²) >= 11 is 0. The van der Waals surface area contributed by atoms with Crippen molar-refractivity contribution in [3.63, 3.8) is 0 Å². The van der Waals surface area contributed by atoms with Crippen LogP contribution in [0.25, 0.3) is 0 Å². The van der Waals surface area contributed by atoms with Gasteiger partial charge in [0.05, 0.1) is 18.8 Å². The Morgan fingerprint density at radius 1 is 1.35 bits per heavy atom. The maximum atomic E-state index is 12.7. The van der Waals surface area contributed by atoms with E-state index in [4.69, 9.17) is 0 Å². The largest absolute Gasteiger partial charge is 0.378 e. The zero-order chi connectivity index (χ0) is 18.5. The SMILES string of the molecule is Cc1cnn(C2CN(C(=O)C(C)(O)CN3Cc4ccccc4C3=O)C2)c1. The van der Waals surface area contributed by atoms with Crippen molar-refractivity contribution in [1.29, 1.82) is 0 Å². The summed E-state index contributed by atoms with van der Waals surface area (Å²) in [5, 5.41) is 15.0. The van der Waals surface area contributed by atoms with Gasteiger partial charge in [0, 0.05) is 31.4 Å². The Labute approximate surface area is 151 Å². The number of rotatable bonds is 4. The standard InChI is InChI=1S/C19H22N4O3/c1-13-7-20-23(8-13)15-10-21(11-15)18(25)19(2,26)12-22-9-14-5-3-4-6-16(14)17(22)24/h3-8,15,26H,9-12H2,1-2H3. The van der Waals surface area contributed by atoms with Gasteiger partial charge in [0.2, 0.25) is 0 Å². The molecule has 26 heavy (non-hydrogen) atoms. The molecule has 0 bridgehead atoms. The number of amides is 2. The molecule has 1 saturated heterocycles. The van der Waals surface area contributed by atoms with Gasteiger partial charge in [-0.1, -0.05) is 18.2 Å². The molecule has 0 spiro atoms. The number of benzene rings is 1. The van der Waals surface area contributed by atoms with Crippen molar-refractivity contribution in [3.8, 4) is 0 Å². The number of aliphatic hydroxyl groups is 1. The molecule has 2 aromatic rings. The number of aryl methyl sites for hydroxylation is 1. The first-order valence-corrected chi connectivity index (χ1v) is 8.75. The van der Waals surface area contributed by atoms with Crippen LogP contribution in [0, 0.1) is 6.92 Å². The van der Waals surface area contributed by atoms with Gasteiger partial charge >= 0.3 is 0 Å². The molecule has 1 aromatic heterocycles. The number of hydrogen-bond acceptors (Lipinski definition) is 4. The summed E-state index contributed by atoms with van der Waals surface area (Å²) in [6.07, 6.45) is 3.74. The predicted molar refractivity (Wildman–Crippen MR) is 94.4 cm³/mol. The van der Waals surface area contributed by atoms with Gasteiger partial charge in [-0.25, -0.2) is 0 Å². The number of likely N-dealkylation sites (tertiary alicyclic amines) is 1. The van der Waals surface area contributed by atoms with Crippen molar-refractivity contribution in [2.75, 3.05) is 19.6 Å². The van der Waals surface area contributed by atoms with Crippen LogP contribution in [0.2, 0.25) is 0 Å². The highest BCUT2D eigenvalue weighted by Gasteiger charge is 2.43. The molecule has 2 amide bonds. The number of nitrogens with zero attached hydrogens (tertiary/aromatic N) is 4. The molecule has 1 unspecified atom stereocenters. The van der Waals surface area contributed by atoms with Gasteiger partial charge in [0.25, 0.3) is 11.8 Å². The van der Waals surface area contributed by atoms with Crippen molar-refractivity contribution < 1.29 is 14.7 Å². The Kier molecular flexibility index (Phi) is 3.84. The molecular formula is C19H22N4O3. The minimum absolute atomic E-state index is 0.0125. The summed E-state index contributed by atoms with van der Waals surface area (Å²) in [6, 6.07) is 7.52. The second-order valence-electron chi connectivity index (χ2n) is 7.45. The van der Waals surface area contributed by atoms with Crippen molar-refractivity contribution in [2.45, 2.75) is 32.0 Å². The van der Waals surface area contributed by atoms with Crippen LogP contribution in [0.5, 0.6) is 0 Å². The average molecular weight is 354 g/mol. The number of carbonyl (C=O) groups excluding carboxylic acids is 2. The molecule has 3 heterocycles. The fraction of sp³-hybridized carbons (Fsp3) is 0.421. The molecule has 0 radical (unpaired) electrons. The van der Waals surface area contributed by atoms with E-state index in [-0.39, 0.29) is 24.4 Å². The average Bonchev–Trinajstić information content (AvgIpc) is 3.10. The van der Waals surface area contributed by atoms with Crippen molar-refractivity contribution in [2.24, 2.45) is 0 Å². The van der Waals surface area contributed by atoms with Gasteiger partial charge in [0.15, 0.2) is 5.60 Å². The molecule has 136 valence electrons. The third-order valence-electron chi connectivity index (χ3n) is 5.11. The molecule has 1 N–H and O–H groups in total. The molecule has 0 saturated carbocycles. The Morgan fingerprint density at radius 3 is 2.73 bits per heavy atom. The van der Waals surface area contributed by atoms with Crippen LogP contribution in [-0.4, -0.2) is 61.7 Å². The molecular weight excluding hydrogens is 332 g/mol. The molecule has 2 aliphatic rings. The van der Waals surface area contributed by atoms with Gasteiger partial charge in [-0.2, -0.15) is 5.10 Å². The summed E-state index contributed by atoms with van der Waals surface area (Å²) in [6.45, 7) is 4.90. The minimum Gasteiger partial charge on any atom is -0.378 e. The first-order chi connectivity index (χ1) is 12.3. The lowest BCUT2D eigenvalue weighted by Crippen LogP contribution is -2.60. The normalized spacial score (nSPS) is 19.3. The Morgan fingerprint density at radius 2 is 2.08 bits per heavy atom. The molecule has 4 rings (SSSR count). The second-order valence-corrected chi connectivity index (χ2v) is 7.45. The zero-order valence-electron chi connectivity index (χ0n) is 14.9. The van der Waals surface area contributed by atoms with Gasteiger partial charge in [-0.05, 0) is 31.0 Å². The molecule has 7 nitrogen and oxygen atoms in total. The highest BCUT2D eigenvalue weighted by Crippen LogP contribution is 2.27. The maximum absolute atomic E-state index is 12.7. The van der Waals surface area contributed by atoms with Gasteiger partial charge in [0.1, 0.15) is 0 Å². The van der Waals surface area contributed by atoms with Crippen LogP contribution in [-0.2, 0) is 11.3 Å². The molecule has 1 atom stereocenters. The van der Waals surface area contributed by atoms with E-state index in [1.54, 1.807) is 17.2 Å². The van der Waals surface area contributed by atoms with Crippen molar-refractivity contribution in [1.82, 2.24) is 19.6 Å². The number of β-amino-alcohol motifs (C(OH)–C–C–N with tert-alkyl or cyclic N) is 1. The summed E-state index contributed by atoms with van der Waals surface area (Å²) in [4.78, 5) is 28.3. The monoisotopic (exact) mass is 354 g/mol. The quantitative estimate of drug-likeness (QED) is 0.888. The summed E-state index contributed by atoms with van der Waals surface area (Å²) < 4.78 is 1.86. The Balaban J connectivity index is 1.38. The second kappa shape index (κ2) is 5.95. The number of hydrogen-bond donors (Lipinski definition) is 1. The van der Waals surface area contributed by atoms with Crippen LogP contribution in [0.4, 0.5) is 0 Å². The fourth-order valence-corrected chi connectivity index (χ4v) is 3.64. The van der Waals surface area contributed by atoms with Gasteiger partial charge < -0.3 is 14.9 Å². The first kappa shape index (κ1) is 16.8. The van der Waals surface area contributed by atoms with E-state index in [1.807, 2.05) is 36.0 Å². The van der Waals surface area contributed by atoms with E-state index in [0.29, 0.717) is 25.2 Å². The summed E-state index contributed by atoms with van der Waals surface area (Å²) in [7, 11) is 0. The van der Waals surface area contributed by atoms with Crippen LogP contribution in [0.1, 0.15) is 34.5 Å². The lowest BCUT2D eigenvalue weighted by atomic mass is 10.00. The third-order valence-corrected chi connectivity index (χ3v) is 5.11. The molecule has 1 aromatic carbocycles. The zero-order valence-corrected chi connectivity index (χ0v) is 14.9. The van der Waals surface area contributed by atoms with E-state index in [9.17, 15) is 14.7 Å². The number of carbonyl (C=O) groups is 2. The van der Waals surface area contributed by atoms with Crippen molar-refractivity contribution >= 4 is 11.8 Å². The van der Waals surface area contributed by atoms with Crippen LogP contribution >= 0.6 is 0 Å². The molecule has 1 fully saturated rings. The fourth-order valence-electron chi connectivity index (χ4n) is 3.64. The van der Waals surface area contributed by atoms with Crippen LogP contribution in [0.3, 0.4) is 0 Å². The van der Waals surface area contributed by atoms with E-state index >= 15 is 0 Å². The number of fused-ring (bicyclic) bond motifs is 1. The highest BCUT2D eigenvalue weighted by molar-refractivity contribution is 5.99. The molecule has 0 aliphatic carbocycles. The Hall–Kier alpha value is -2.67. The van der Waals surface area contributed by atoms with E-state index in [1.165, 1.54) is 11.8 Å². The minimum atomic E-state index is -1.61. The van der Waals surface area contributed by atoms with Crippen LogP contribution < -0.4 is 0 Å². The highest BCUT2D eigenvalue weighted by atomic mass is 16.3. The van der Waals surface area contributed by atoms with E-state index < -0.39 is 5.60 Å². The predicted octanol–water partition coefficient (Wildman–Crippen LogP) is 0.982. The summed E-state index contributed by atoms with van der Waals surface area (Å²) in [5.41, 5.74) is 1.05. The summed E-state index contributed by atoms with van der Waals surface area (Å²) in [5.74, 6) is -0.483. The van der Waals surface area contributed by atoms with E-state index in [2.05, 4.69) is 5.10 Å². The first-order valence-electron chi connectivity index (χ1n) is 8.75. The van der Waals surface area contributed by atoms with Crippen LogP contribution in [0.15, 0.2) is 36.7 Å². The van der Waals surface area contributed by atoms with E-state index in [0.717, 1.165) is 11.1 Å². The molecule has 2 aliphatic heterocycles. The number of aromatic nitrogens is 2. The maximum Gasteiger partial charge on any atom is 0.256 e. The Bertz CT molecular complexity index is 867. The lowest BCUT2D eigenvalue weighted by Gasteiger charge is -2.43. The van der Waals surface area contributed by atoms with Gasteiger partial charge in [-0.15, -0.1) is 0 Å². The van der Waals surface area contributed by atoms with Crippen molar-refractivity contribution in [3.05, 3.63) is 53.3 Å². The third kappa shape index (κ3) is 2.78.